The monoisotopic (exact) mass is 270 g/mol. The van der Waals surface area contributed by atoms with Crippen LogP contribution in [0.3, 0.4) is 0 Å². The molecule has 1 aromatic rings. The van der Waals surface area contributed by atoms with Crippen LogP contribution < -0.4 is 5.32 Å². The van der Waals surface area contributed by atoms with Crippen LogP contribution in [0, 0.1) is 0 Å². The van der Waals surface area contributed by atoms with Crippen LogP contribution in [0.5, 0.6) is 0 Å². The molecule has 2 atom stereocenters. The van der Waals surface area contributed by atoms with E-state index in [0.717, 1.165) is 0 Å². The Labute approximate surface area is 113 Å². The van der Waals surface area contributed by atoms with E-state index in [1.807, 2.05) is 27.1 Å². The van der Waals surface area contributed by atoms with Gasteiger partial charge in [0.1, 0.15) is 6.10 Å². The summed E-state index contributed by atoms with van der Waals surface area (Å²) in [5.41, 5.74) is 0. The van der Waals surface area contributed by atoms with E-state index in [9.17, 15) is 4.79 Å². The Bertz CT molecular complexity index is 352. The fraction of sp³-hybridized carbons (Fsp3) is 0.615. The van der Waals surface area contributed by atoms with Gasteiger partial charge < -0.3 is 15.0 Å². The molecule has 0 saturated carbocycles. The van der Waals surface area contributed by atoms with E-state index < -0.39 is 0 Å². The van der Waals surface area contributed by atoms with Crippen molar-refractivity contribution in [2.24, 2.45) is 0 Å². The van der Waals surface area contributed by atoms with E-state index in [1.165, 1.54) is 4.88 Å². The van der Waals surface area contributed by atoms with Crippen molar-refractivity contribution in [2.75, 3.05) is 27.2 Å². The molecular weight excluding hydrogens is 248 g/mol. The van der Waals surface area contributed by atoms with Crippen LogP contribution in [-0.2, 0) is 9.53 Å². The summed E-state index contributed by atoms with van der Waals surface area (Å²) in [6.45, 7) is 4.81. The summed E-state index contributed by atoms with van der Waals surface area (Å²) < 4.78 is 5.26. The number of thiophene rings is 1. The highest BCUT2D eigenvalue weighted by atomic mass is 32.1. The summed E-state index contributed by atoms with van der Waals surface area (Å²) >= 11 is 1.71. The van der Waals surface area contributed by atoms with Gasteiger partial charge in [-0.25, -0.2) is 0 Å². The average molecular weight is 270 g/mol. The molecule has 1 aromatic heterocycles. The number of hydrogen-bond donors (Lipinski definition) is 1. The van der Waals surface area contributed by atoms with Crippen LogP contribution in [0.25, 0.3) is 0 Å². The first kappa shape index (κ1) is 15.1. The third-order valence-electron chi connectivity index (χ3n) is 2.75. The van der Waals surface area contributed by atoms with Crippen molar-refractivity contribution in [2.45, 2.75) is 26.0 Å². The zero-order valence-electron chi connectivity index (χ0n) is 11.5. The lowest BCUT2D eigenvalue weighted by Crippen LogP contribution is -2.39. The number of likely N-dealkylation sites (N-methyl/N-ethyl adjacent to an activating group) is 1. The number of nitrogens with one attached hydrogen (secondary N) is 1. The smallest absolute Gasteiger partial charge is 0.248 e. The van der Waals surface area contributed by atoms with Gasteiger partial charge >= 0.3 is 0 Å². The molecule has 4 nitrogen and oxygen atoms in total. The largest absolute Gasteiger partial charge is 0.369 e. The molecule has 0 bridgehead atoms. The molecule has 1 amide bonds. The lowest BCUT2D eigenvalue weighted by Gasteiger charge is -2.24. The Morgan fingerprint density at radius 2 is 2.28 bits per heavy atom. The van der Waals surface area contributed by atoms with Gasteiger partial charge in [-0.2, -0.15) is 0 Å². The highest BCUT2D eigenvalue weighted by Crippen LogP contribution is 2.22. The summed E-state index contributed by atoms with van der Waals surface area (Å²) in [7, 11) is 4.03. The van der Waals surface area contributed by atoms with Crippen molar-refractivity contribution < 1.29 is 9.53 Å². The molecule has 0 aliphatic heterocycles. The molecule has 1 rings (SSSR count). The van der Waals surface area contributed by atoms with Crippen LogP contribution in [0.1, 0.15) is 24.8 Å². The van der Waals surface area contributed by atoms with Crippen LogP contribution in [0.4, 0.5) is 0 Å². The van der Waals surface area contributed by atoms with Gasteiger partial charge in [0.05, 0.1) is 6.04 Å². The van der Waals surface area contributed by atoms with Crippen LogP contribution >= 0.6 is 11.3 Å². The summed E-state index contributed by atoms with van der Waals surface area (Å²) in [6, 6.07) is 4.33. The van der Waals surface area contributed by atoms with Crippen molar-refractivity contribution in [3.05, 3.63) is 22.4 Å². The number of nitrogens with zero attached hydrogens (tertiary/aromatic N) is 1. The molecule has 0 radical (unpaired) electrons. The van der Waals surface area contributed by atoms with Crippen molar-refractivity contribution in [3.8, 4) is 0 Å². The Hall–Kier alpha value is -0.910. The molecule has 1 N–H and O–H groups in total. The topological polar surface area (TPSA) is 41.6 Å². The average Bonchev–Trinajstić information content (AvgIpc) is 2.82. The van der Waals surface area contributed by atoms with E-state index in [2.05, 4.69) is 21.7 Å². The van der Waals surface area contributed by atoms with Gasteiger partial charge in [0.15, 0.2) is 0 Å². The van der Waals surface area contributed by atoms with Crippen molar-refractivity contribution in [1.82, 2.24) is 10.2 Å². The van der Waals surface area contributed by atoms with E-state index in [-0.39, 0.29) is 18.1 Å². The number of ether oxygens (including phenoxy) is 1. The normalized spacial score (nSPS) is 14.5. The Kier molecular flexibility index (Phi) is 6.32. The maximum Gasteiger partial charge on any atom is 0.248 e. The van der Waals surface area contributed by atoms with Gasteiger partial charge in [0.2, 0.25) is 5.91 Å². The maximum atomic E-state index is 11.8. The highest BCUT2D eigenvalue weighted by molar-refractivity contribution is 7.10. The van der Waals surface area contributed by atoms with Crippen molar-refractivity contribution in [3.63, 3.8) is 0 Å². The van der Waals surface area contributed by atoms with Gasteiger partial charge in [0, 0.05) is 18.0 Å². The minimum Gasteiger partial charge on any atom is -0.369 e. The predicted molar refractivity (Wildman–Crippen MR) is 74.8 cm³/mol. The minimum atomic E-state index is -0.388. The number of amides is 1. The first-order chi connectivity index (χ1) is 8.56. The predicted octanol–water partition coefficient (Wildman–Crippen LogP) is 1.89. The van der Waals surface area contributed by atoms with E-state index in [4.69, 9.17) is 4.74 Å². The zero-order chi connectivity index (χ0) is 13.5. The van der Waals surface area contributed by atoms with Gasteiger partial charge in [-0.1, -0.05) is 6.07 Å². The van der Waals surface area contributed by atoms with Crippen molar-refractivity contribution >= 4 is 17.2 Å². The number of carbonyl (C=O) groups excluding carboxylic acids is 1. The van der Waals surface area contributed by atoms with E-state index in [0.29, 0.717) is 13.2 Å². The zero-order valence-corrected chi connectivity index (χ0v) is 12.3. The first-order valence-electron chi connectivity index (χ1n) is 6.15. The Morgan fingerprint density at radius 3 is 2.78 bits per heavy atom. The van der Waals surface area contributed by atoms with Crippen LogP contribution in [-0.4, -0.2) is 44.2 Å². The molecule has 0 saturated heterocycles. The molecule has 0 aliphatic rings. The van der Waals surface area contributed by atoms with Crippen LogP contribution in [0.2, 0.25) is 0 Å². The second-order valence-electron chi connectivity index (χ2n) is 4.34. The molecule has 0 fully saturated rings. The standard InChI is InChI=1S/C13H22N2O2S/c1-5-17-10(2)13(16)14-9-11(15(3)4)12-7-6-8-18-12/h6-8,10-11H,5,9H2,1-4H3,(H,14,16)/t10-,11-/m0/s1. The molecule has 5 heteroatoms. The van der Waals surface area contributed by atoms with Crippen LogP contribution in [0.15, 0.2) is 17.5 Å². The minimum absolute atomic E-state index is 0.0553. The molecule has 102 valence electrons. The fourth-order valence-electron chi connectivity index (χ4n) is 1.69. The van der Waals surface area contributed by atoms with Crippen molar-refractivity contribution in [1.29, 1.82) is 0 Å². The first-order valence-corrected chi connectivity index (χ1v) is 7.03. The third-order valence-corrected chi connectivity index (χ3v) is 3.72. The summed E-state index contributed by atoms with van der Waals surface area (Å²) in [4.78, 5) is 15.1. The maximum absolute atomic E-state index is 11.8. The fourth-order valence-corrected chi connectivity index (χ4v) is 2.61. The van der Waals surface area contributed by atoms with E-state index in [1.54, 1.807) is 18.3 Å². The molecular formula is C13H22N2O2S. The quantitative estimate of drug-likeness (QED) is 0.822. The number of hydrogen-bond acceptors (Lipinski definition) is 4. The summed E-state index contributed by atoms with van der Waals surface area (Å²) in [6.07, 6.45) is -0.388. The van der Waals surface area contributed by atoms with Gasteiger partial charge in [-0.05, 0) is 39.4 Å². The number of carbonyl (C=O) groups is 1. The molecule has 0 aromatic carbocycles. The van der Waals surface area contributed by atoms with E-state index >= 15 is 0 Å². The molecule has 0 unspecified atom stereocenters. The lowest BCUT2D eigenvalue weighted by molar-refractivity contribution is -0.131. The third kappa shape index (κ3) is 4.40. The van der Waals surface area contributed by atoms with Gasteiger partial charge in [-0.3, -0.25) is 4.79 Å². The molecule has 18 heavy (non-hydrogen) atoms. The second-order valence-corrected chi connectivity index (χ2v) is 5.32. The van der Waals surface area contributed by atoms with Gasteiger partial charge in [-0.15, -0.1) is 11.3 Å². The molecule has 1 heterocycles. The Balaban J connectivity index is 2.51. The molecule has 0 spiro atoms. The van der Waals surface area contributed by atoms with Gasteiger partial charge in [0.25, 0.3) is 0 Å². The second kappa shape index (κ2) is 7.51. The Morgan fingerprint density at radius 1 is 1.56 bits per heavy atom. The SMILES string of the molecule is CCO[C@@H](C)C(=O)NC[C@@H](c1cccs1)N(C)C. The summed E-state index contributed by atoms with van der Waals surface area (Å²) in [5.74, 6) is -0.0553. The highest BCUT2D eigenvalue weighted by Gasteiger charge is 2.18. The summed E-state index contributed by atoms with van der Waals surface area (Å²) in [5, 5.41) is 4.99. The number of rotatable bonds is 7. The molecule has 0 aliphatic carbocycles. The lowest BCUT2D eigenvalue weighted by atomic mass is 10.2.